The van der Waals surface area contributed by atoms with Gasteiger partial charge in [0.1, 0.15) is 6.33 Å². The van der Waals surface area contributed by atoms with Gasteiger partial charge in [0.25, 0.3) is 5.91 Å². The molecule has 0 bridgehead atoms. The van der Waals surface area contributed by atoms with Crippen molar-refractivity contribution in [1.29, 1.82) is 0 Å². The molecule has 0 unspecified atom stereocenters. The zero-order valence-corrected chi connectivity index (χ0v) is 13.0. The van der Waals surface area contributed by atoms with E-state index in [-0.39, 0.29) is 11.9 Å². The van der Waals surface area contributed by atoms with E-state index in [1.54, 1.807) is 6.07 Å². The number of aromatic nitrogens is 5. The maximum Gasteiger partial charge on any atom is 0.252 e. The Bertz CT molecular complexity index is 793. The van der Waals surface area contributed by atoms with E-state index in [9.17, 15) is 4.79 Å². The predicted molar refractivity (Wildman–Crippen MR) is 85.8 cm³/mol. The lowest BCUT2D eigenvalue weighted by Crippen LogP contribution is -2.34. The van der Waals surface area contributed by atoms with E-state index >= 15 is 0 Å². The van der Waals surface area contributed by atoms with Crippen LogP contribution in [0.4, 0.5) is 0 Å². The Hall–Kier alpha value is -2.96. The second kappa shape index (κ2) is 6.43. The molecule has 23 heavy (non-hydrogen) atoms. The van der Waals surface area contributed by atoms with Crippen molar-refractivity contribution in [2.75, 3.05) is 0 Å². The predicted octanol–water partition coefficient (Wildman–Crippen LogP) is 1.86. The highest BCUT2D eigenvalue weighted by molar-refractivity contribution is 6.00. The molecule has 0 aliphatic rings. The van der Waals surface area contributed by atoms with E-state index in [0.29, 0.717) is 17.8 Å². The quantitative estimate of drug-likeness (QED) is 0.670. The van der Waals surface area contributed by atoms with Crippen LogP contribution >= 0.6 is 0 Å². The molecule has 7 heteroatoms. The molecule has 0 aliphatic carbocycles. The van der Waals surface area contributed by atoms with Crippen LogP contribution in [0.25, 0.3) is 11.4 Å². The topological polar surface area (TPSA) is 99.3 Å². The molecular weight excluding hydrogens is 292 g/mol. The molecule has 0 saturated carbocycles. The third-order valence-electron chi connectivity index (χ3n) is 3.49. The number of nitrogens with one attached hydrogen (secondary N) is 3. The zero-order valence-electron chi connectivity index (χ0n) is 13.0. The summed E-state index contributed by atoms with van der Waals surface area (Å²) in [4.78, 5) is 16.7. The first-order valence-electron chi connectivity index (χ1n) is 7.40. The number of carbonyl (C=O) groups excluding carboxylic acids is 1. The molecule has 0 aliphatic heterocycles. The fourth-order valence-electron chi connectivity index (χ4n) is 2.47. The summed E-state index contributed by atoms with van der Waals surface area (Å²) in [7, 11) is 0. The first-order valence-corrected chi connectivity index (χ1v) is 7.40. The van der Waals surface area contributed by atoms with Crippen molar-refractivity contribution in [2.24, 2.45) is 0 Å². The molecular formula is C16H18N6O. The van der Waals surface area contributed by atoms with Crippen molar-refractivity contribution in [2.45, 2.75) is 26.3 Å². The van der Waals surface area contributed by atoms with E-state index < -0.39 is 0 Å². The normalized spacial score (nSPS) is 12.1. The van der Waals surface area contributed by atoms with Crippen molar-refractivity contribution in [1.82, 2.24) is 30.7 Å². The number of rotatable bonds is 5. The van der Waals surface area contributed by atoms with Crippen LogP contribution < -0.4 is 5.32 Å². The fraction of sp³-hybridized carbons (Fsp3) is 0.250. The summed E-state index contributed by atoms with van der Waals surface area (Å²) in [6.07, 6.45) is 2.09. The molecule has 0 spiro atoms. The molecule has 0 saturated heterocycles. The van der Waals surface area contributed by atoms with Gasteiger partial charge in [-0.15, -0.1) is 0 Å². The molecule has 0 radical (unpaired) electrons. The molecule has 7 nitrogen and oxygen atoms in total. The summed E-state index contributed by atoms with van der Waals surface area (Å²) in [5.74, 6) is 0.433. The largest absolute Gasteiger partial charge is 0.349 e. The van der Waals surface area contributed by atoms with Gasteiger partial charge in [0, 0.05) is 23.7 Å². The van der Waals surface area contributed by atoms with Crippen molar-refractivity contribution in [3.63, 3.8) is 0 Å². The first-order chi connectivity index (χ1) is 11.1. The Morgan fingerprint density at radius 3 is 2.83 bits per heavy atom. The van der Waals surface area contributed by atoms with E-state index in [0.717, 1.165) is 17.0 Å². The Kier molecular flexibility index (Phi) is 4.18. The minimum atomic E-state index is -0.142. The number of hydrogen-bond acceptors (Lipinski definition) is 4. The highest BCUT2D eigenvalue weighted by atomic mass is 16.1. The molecule has 3 N–H and O–H groups in total. The number of benzene rings is 1. The smallest absolute Gasteiger partial charge is 0.252 e. The number of aromatic amines is 2. The molecule has 3 rings (SSSR count). The van der Waals surface area contributed by atoms with Gasteiger partial charge in [0.15, 0.2) is 5.82 Å². The Morgan fingerprint density at radius 1 is 1.30 bits per heavy atom. The van der Waals surface area contributed by atoms with Crippen LogP contribution in [0.3, 0.4) is 0 Å². The molecule has 2 aromatic heterocycles. The zero-order chi connectivity index (χ0) is 16.2. The molecule has 1 amide bonds. The van der Waals surface area contributed by atoms with Gasteiger partial charge in [0.2, 0.25) is 0 Å². The van der Waals surface area contributed by atoms with E-state index in [1.807, 2.05) is 38.1 Å². The number of H-pyrrole nitrogens is 2. The Labute approximate surface area is 133 Å². The molecule has 118 valence electrons. The summed E-state index contributed by atoms with van der Waals surface area (Å²) in [5.41, 5.74) is 3.23. The molecule has 0 fully saturated rings. The average molecular weight is 310 g/mol. The fourth-order valence-corrected chi connectivity index (χ4v) is 2.47. The second-order valence-electron chi connectivity index (χ2n) is 5.50. The first kappa shape index (κ1) is 15.0. The third-order valence-corrected chi connectivity index (χ3v) is 3.49. The van der Waals surface area contributed by atoms with Gasteiger partial charge in [-0.2, -0.15) is 10.2 Å². The number of carbonyl (C=O) groups is 1. The average Bonchev–Trinajstić information content (AvgIpc) is 3.19. The van der Waals surface area contributed by atoms with Crippen LogP contribution in [0.15, 0.2) is 36.7 Å². The van der Waals surface area contributed by atoms with E-state index in [4.69, 9.17) is 0 Å². The summed E-state index contributed by atoms with van der Waals surface area (Å²) in [6, 6.07) is 9.26. The monoisotopic (exact) mass is 310 g/mol. The molecule has 1 atom stereocenters. The van der Waals surface area contributed by atoms with Crippen LogP contribution in [-0.2, 0) is 6.42 Å². The second-order valence-corrected chi connectivity index (χ2v) is 5.50. The summed E-state index contributed by atoms with van der Waals surface area (Å²) in [5, 5.41) is 16.7. The third kappa shape index (κ3) is 3.45. The van der Waals surface area contributed by atoms with Gasteiger partial charge >= 0.3 is 0 Å². The minimum absolute atomic E-state index is 0.0343. The van der Waals surface area contributed by atoms with E-state index in [1.165, 1.54) is 6.33 Å². The van der Waals surface area contributed by atoms with Crippen molar-refractivity contribution in [3.05, 3.63) is 53.6 Å². The van der Waals surface area contributed by atoms with Crippen LogP contribution in [0.2, 0.25) is 0 Å². The molecule has 3 aromatic rings. The highest BCUT2D eigenvalue weighted by Crippen LogP contribution is 2.19. The van der Waals surface area contributed by atoms with Gasteiger partial charge in [-0.3, -0.25) is 15.0 Å². The van der Waals surface area contributed by atoms with Crippen molar-refractivity contribution < 1.29 is 4.79 Å². The number of amides is 1. The Balaban J connectivity index is 1.73. The number of nitrogens with zero attached hydrogens (tertiary/aromatic N) is 3. The van der Waals surface area contributed by atoms with Gasteiger partial charge in [0.05, 0.1) is 11.3 Å². The molecule has 2 heterocycles. The molecule has 1 aromatic carbocycles. The van der Waals surface area contributed by atoms with Gasteiger partial charge < -0.3 is 5.32 Å². The lowest BCUT2D eigenvalue weighted by molar-refractivity contribution is 0.0940. The van der Waals surface area contributed by atoms with Gasteiger partial charge in [-0.1, -0.05) is 18.2 Å². The maximum atomic E-state index is 12.6. The maximum absolute atomic E-state index is 12.6. The number of aryl methyl sites for hydroxylation is 1. The van der Waals surface area contributed by atoms with Crippen LogP contribution in [-0.4, -0.2) is 37.3 Å². The summed E-state index contributed by atoms with van der Waals surface area (Å²) >= 11 is 0. The lowest BCUT2D eigenvalue weighted by Gasteiger charge is -2.14. The van der Waals surface area contributed by atoms with Crippen LogP contribution in [0.5, 0.6) is 0 Å². The summed E-state index contributed by atoms with van der Waals surface area (Å²) in [6.45, 7) is 3.91. The van der Waals surface area contributed by atoms with E-state index in [2.05, 4.69) is 30.7 Å². The van der Waals surface area contributed by atoms with Crippen molar-refractivity contribution in [3.8, 4) is 11.4 Å². The van der Waals surface area contributed by atoms with Gasteiger partial charge in [-0.05, 0) is 26.0 Å². The van der Waals surface area contributed by atoms with Crippen molar-refractivity contribution >= 4 is 5.91 Å². The highest BCUT2D eigenvalue weighted by Gasteiger charge is 2.16. The minimum Gasteiger partial charge on any atom is -0.349 e. The van der Waals surface area contributed by atoms with Crippen LogP contribution in [0, 0.1) is 6.92 Å². The standard InChI is InChI=1S/C16H18N6O/c1-10(7-12-8-11(2)20-21-12)19-16(23)14-6-4-3-5-13(14)15-17-9-18-22-15/h3-6,8-10H,7H2,1-2H3,(H,19,23)(H,20,21)(H,17,18,22)/t10-/m1/s1. The van der Waals surface area contributed by atoms with Crippen LogP contribution in [0.1, 0.15) is 28.7 Å². The number of hydrogen-bond donors (Lipinski definition) is 3. The summed E-state index contributed by atoms with van der Waals surface area (Å²) < 4.78 is 0. The SMILES string of the molecule is Cc1cc(C[C@@H](C)NC(=O)c2ccccc2-c2ncn[nH]2)n[nH]1. The lowest BCUT2D eigenvalue weighted by atomic mass is 10.1. The Morgan fingerprint density at radius 2 is 2.13 bits per heavy atom. The van der Waals surface area contributed by atoms with Gasteiger partial charge in [-0.25, -0.2) is 4.98 Å².